The Labute approximate surface area is 178 Å². The first-order chi connectivity index (χ1) is 13.4. The maximum Gasteiger partial charge on any atom is 0.185 e. The van der Waals surface area contributed by atoms with Crippen LogP contribution in [-0.2, 0) is 9.84 Å². The third kappa shape index (κ3) is 3.88. The van der Waals surface area contributed by atoms with Gasteiger partial charge in [-0.25, -0.2) is 13.4 Å². The van der Waals surface area contributed by atoms with Crippen molar-refractivity contribution in [2.45, 2.75) is 29.9 Å². The van der Waals surface area contributed by atoms with Gasteiger partial charge < -0.3 is 4.90 Å². The van der Waals surface area contributed by atoms with Crippen molar-refractivity contribution < 1.29 is 8.42 Å². The van der Waals surface area contributed by atoms with Gasteiger partial charge in [-0.2, -0.15) is 0 Å². The highest BCUT2D eigenvalue weighted by Gasteiger charge is 2.33. The number of halogens is 1. The van der Waals surface area contributed by atoms with Gasteiger partial charge >= 0.3 is 0 Å². The molecule has 0 radical (unpaired) electrons. The van der Waals surface area contributed by atoms with Crippen LogP contribution in [-0.4, -0.2) is 31.7 Å². The third-order valence-electron chi connectivity index (χ3n) is 5.10. The largest absolute Gasteiger partial charge is 0.348 e. The molecule has 1 aliphatic heterocycles. The monoisotopic (exact) mass is 476 g/mol. The van der Waals surface area contributed by atoms with Crippen molar-refractivity contribution in [3.8, 4) is 11.3 Å². The van der Waals surface area contributed by atoms with E-state index in [9.17, 15) is 8.42 Å². The Balaban J connectivity index is 1.47. The molecule has 4 nitrogen and oxygen atoms in total. The average Bonchev–Trinajstić information content (AvgIpc) is 3.19. The van der Waals surface area contributed by atoms with Crippen molar-refractivity contribution in [3.05, 3.63) is 63.9 Å². The number of piperidine rings is 1. The molecule has 146 valence electrons. The van der Waals surface area contributed by atoms with Gasteiger partial charge in [-0.05, 0) is 53.9 Å². The summed E-state index contributed by atoms with van der Waals surface area (Å²) in [7, 11) is -3.33. The summed E-state index contributed by atoms with van der Waals surface area (Å²) in [6.07, 6.45) is 1.23. The molecule has 1 saturated heterocycles. The van der Waals surface area contributed by atoms with Crippen LogP contribution in [0.25, 0.3) is 11.3 Å². The lowest BCUT2D eigenvalue weighted by atomic mass is 10.1. The molecule has 0 saturated carbocycles. The summed E-state index contributed by atoms with van der Waals surface area (Å²) in [5.74, 6) is 0. The minimum atomic E-state index is -3.33. The maximum absolute atomic E-state index is 13.0. The predicted octanol–water partition coefficient (Wildman–Crippen LogP) is 5.32. The van der Waals surface area contributed by atoms with Crippen LogP contribution in [0.3, 0.4) is 0 Å². The molecule has 0 atom stereocenters. The zero-order valence-corrected chi connectivity index (χ0v) is 18.7. The first-order valence-electron chi connectivity index (χ1n) is 9.21. The molecule has 1 aromatic heterocycles. The lowest BCUT2D eigenvalue weighted by molar-refractivity contribution is 0.529. The molecule has 0 unspecified atom stereocenters. The van der Waals surface area contributed by atoms with Crippen molar-refractivity contribution in [2.24, 2.45) is 0 Å². The van der Waals surface area contributed by atoms with Gasteiger partial charge in [0.25, 0.3) is 0 Å². The number of aryl methyl sites for hydroxylation is 1. The van der Waals surface area contributed by atoms with E-state index in [-0.39, 0.29) is 5.25 Å². The second kappa shape index (κ2) is 7.97. The fraction of sp³-hybridized carbons (Fsp3) is 0.286. The predicted molar refractivity (Wildman–Crippen MR) is 119 cm³/mol. The number of sulfone groups is 1. The van der Waals surface area contributed by atoms with Crippen molar-refractivity contribution >= 4 is 42.2 Å². The molecule has 3 aromatic rings. The highest BCUT2D eigenvalue weighted by Crippen LogP contribution is 2.33. The van der Waals surface area contributed by atoms with E-state index in [4.69, 9.17) is 4.98 Å². The summed E-state index contributed by atoms with van der Waals surface area (Å²) in [5.41, 5.74) is 3.31. The second-order valence-electron chi connectivity index (χ2n) is 7.05. The Morgan fingerprint density at radius 3 is 2.57 bits per heavy atom. The van der Waals surface area contributed by atoms with Gasteiger partial charge in [0.05, 0.1) is 15.8 Å². The number of hydrogen-bond donors (Lipinski definition) is 0. The first kappa shape index (κ1) is 19.6. The van der Waals surface area contributed by atoms with E-state index in [1.807, 2.05) is 12.1 Å². The minimum absolute atomic E-state index is 0.348. The van der Waals surface area contributed by atoms with Gasteiger partial charge in [-0.15, -0.1) is 11.3 Å². The molecular formula is C21H21BrN2O2S2. The van der Waals surface area contributed by atoms with Crippen LogP contribution in [0.15, 0.2) is 63.3 Å². The highest BCUT2D eigenvalue weighted by molar-refractivity contribution is 9.10. The molecule has 2 aromatic carbocycles. The first-order valence-corrected chi connectivity index (χ1v) is 12.4. The quantitative estimate of drug-likeness (QED) is 0.510. The number of nitrogens with zero attached hydrogens (tertiary/aromatic N) is 2. The molecular weight excluding hydrogens is 456 g/mol. The van der Waals surface area contributed by atoms with E-state index < -0.39 is 9.84 Å². The average molecular weight is 477 g/mol. The topological polar surface area (TPSA) is 50.3 Å². The van der Waals surface area contributed by atoms with Gasteiger partial charge in [0.2, 0.25) is 0 Å². The molecule has 1 fully saturated rings. The van der Waals surface area contributed by atoms with Gasteiger partial charge in [-0.3, -0.25) is 0 Å². The van der Waals surface area contributed by atoms with Crippen LogP contribution in [0.2, 0.25) is 0 Å². The van der Waals surface area contributed by atoms with E-state index in [2.05, 4.69) is 51.3 Å². The number of hydrogen-bond acceptors (Lipinski definition) is 5. The highest BCUT2D eigenvalue weighted by atomic mass is 79.9. The summed E-state index contributed by atoms with van der Waals surface area (Å²) in [4.78, 5) is 7.39. The van der Waals surface area contributed by atoms with E-state index >= 15 is 0 Å². The smallest absolute Gasteiger partial charge is 0.185 e. The summed E-state index contributed by atoms with van der Waals surface area (Å²) < 4.78 is 26.7. The standard InChI is InChI=1S/C21H21BrN2O2S2/c1-15-5-4-6-16(13-15)19-14-27-21(23-19)24-11-9-17(10-12-24)28(25,26)20-8-3-2-7-18(20)22/h2-8,13-14,17H,9-12H2,1H3. The molecule has 0 bridgehead atoms. The van der Waals surface area contributed by atoms with Crippen molar-refractivity contribution in [1.29, 1.82) is 0 Å². The Bertz CT molecular complexity index is 1090. The summed E-state index contributed by atoms with van der Waals surface area (Å²) in [6.45, 7) is 3.48. The van der Waals surface area contributed by atoms with Crippen LogP contribution >= 0.6 is 27.3 Å². The third-order valence-corrected chi connectivity index (χ3v) is 9.27. The van der Waals surface area contributed by atoms with Crippen LogP contribution in [0.1, 0.15) is 18.4 Å². The Morgan fingerprint density at radius 2 is 1.86 bits per heavy atom. The molecule has 0 amide bonds. The molecule has 0 aliphatic carbocycles. The van der Waals surface area contributed by atoms with Crippen LogP contribution in [0.5, 0.6) is 0 Å². The molecule has 1 aliphatic rings. The van der Waals surface area contributed by atoms with Crippen LogP contribution in [0, 0.1) is 6.92 Å². The number of benzene rings is 2. The molecule has 2 heterocycles. The zero-order valence-electron chi connectivity index (χ0n) is 15.5. The lowest BCUT2D eigenvalue weighted by Crippen LogP contribution is -2.39. The Kier molecular flexibility index (Phi) is 5.58. The molecule has 28 heavy (non-hydrogen) atoms. The molecule has 0 spiro atoms. The van der Waals surface area contributed by atoms with E-state index in [0.717, 1.165) is 16.4 Å². The lowest BCUT2D eigenvalue weighted by Gasteiger charge is -2.31. The SMILES string of the molecule is Cc1cccc(-c2csc(N3CCC(S(=O)(=O)c4ccccc4Br)CC3)n2)c1. The zero-order chi connectivity index (χ0) is 19.7. The molecule has 7 heteroatoms. The summed E-state index contributed by atoms with van der Waals surface area (Å²) in [6, 6.07) is 15.4. The van der Waals surface area contributed by atoms with E-state index in [1.54, 1.807) is 29.5 Å². The summed E-state index contributed by atoms with van der Waals surface area (Å²) in [5, 5.41) is 2.69. The number of anilines is 1. The van der Waals surface area contributed by atoms with Crippen molar-refractivity contribution in [1.82, 2.24) is 4.98 Å². The normalized spacial score (nSPS) is 15.7. The van der Waals surface area contributed by atoms with Crippen LogP contribution in [0.4, 0.5) is 5.13 Å². The Hall–Kier alpha value is -1.70. The number of thiazole rings is 1. The van der Waals surface area contributed by atoms with Gasteiger partial charge in [-0.1, -0.05) is 35.9 Å². The molecule has 0 N–H and O–H groups in total. The fourth-order valence-electron chi connectivity index (χ4n) is 3.56. The van der Waals surface area contributed by atoms with Gasteiger partial charge in [0.15, 0.2) is 15.0 Å². The van der Waals surface area contributed by atoms with Gasteiger partial charge in [0, 0.05) is 28.5 Å². The fourth-order valence-corrected chi connectivity index (χ4v) is 7.21. The van der Waals surface area contributed by atoms with E-state index in [0.29, 0.717) is 35.3 Å². The maximum atomic E-state index is 13.0. The molecule has 4 rings (SSSR count). The van der Waals surface area contributed by atoms with Crippen LogP contribution < -0.4 is 4.90 Å². The minimum Gasteiger partial charge on any atom is -0.348 e. The van der Waals surface area contributed by atoms with E-state index in [1.165, 1.54) is 5.56 Å². The summed E-state index contributed by atoms with van der Waals surface area (Å²) >= 11 is 5.00. The van der Waals surface area contributed by atoms with Crippen molar-refractivity contribution in [2.75, 3.05) is 18.0 Å². The number of rotatable bonds is 4. The van der Waals surface area contributed by atoms with Crippen molar-refractivity contribution in [3.63, 3.8) is 0 Å². The second-order valence-corrected chi connectivity index (χ2v) is 10.9. The Morgan fingerprint density at radius 1 is 1.11 bits per heavy atom. The van der Waals surface area contributed by atoms with Gasteiger partial charge in [0.1, 0.15) is 0 Å². The number of aromatic nitrogens is 1.